The van der Waals surface area contributed by atoms with E-state index in [1.807, 2.05) is 68.4 Å². The molecule has 4 N–H and O–H groups in total. The molecule has 0 atom stereocenters. The number of para-hydroxylation sites is 1. The van der Waals surface area contributed by atoms with E-state index in [-0.39, 0.29) is 41.3 Å². The van der Waals surface area contributed by atoms with E-state index in [1.54, 1.807) is 86.6 Å². The standard InChI is InChI=1S/C25H20F3N5O3.C24H21N5O2/c1-15-7-3-5-9-19(15)21(34)29-23-31-24(30-22(35)20-10-6-4-8-16(20)2)33(32-23)17-11-13-18(14-12-17)36-25(26,27)28;1-16-10-6-8-14-19(16)21(30)25-23-27-24(29(28-23)18-12-4-3-5-13-18)26-22(31)20-15-9-7-11-17(20)2/h3-14H,1-2H3,(H2,29,30,31,32,34,35);3-15H,1-2H3,(H2,25,26,27,28,30,31). The number of rotatable bonds is 11. The van der Waals surface area contributed by atoms with E-state index in [2.05, 4.69) is 46.2 Å². The van der Waals surface area contributed by atoms with Crippen LogP contribution in [0, 0.1) is 27.7 Å². The van der Waals surface area contributed by atoms with Crippen molar-refractivity contribution < 1.29 is 37.1 Å². The zero-order valence-electron chi connectivity index (χ0n) is 36.3. The van der Waals surface area contributed by atoms with Gasteiger partial charge in [0.05, 0.1) is 11.4 Å². The Kier molecular flexibility index (Phi) is 13.9. The van der Waals surface area contributed by atoms with E-state index < -0.39 is 23.9 Å². The number of aromatic nitrogens is 6. The van der Waals surface area contributed by atoms with Crippen molar-refractivity contribution in [3.8, 4) is 17.1 Å². The lowest BCUT2D eigenvalue weighted by Gasteiger charge is -2.11. The summed E-state index contributed by atoms with van der Waals surface area (Å²) in [5.74, 6) is -1.85. The Labute approximate surface area is 381 Å². The van der Waals surface area contributed by atoms with Crippen LogP contribution < -0.4 is 26.0 Å². The van der Waals surface area contributed by atoms with Crippen LogP contribution in [-0.4, -0.2) is 59.5 Å². The van der Waals surface area contributed by atoms with E-state index in [4.69, 9.17) is 0 Å². The maximum Gasteiger partial charge on any atom is 0.573 e. The fourth-order valence-corrected chi connectivity index (χ4v) is 6.60. The molecule has 2 heterocycles. The molecule has 8 rings (SSSR count). The van der Waals surface area contributed by atoms with Crippen LogP contribution >= 0.6 is 0 Å². The molecule has 18 heteroatoms. The lowest BCUT2D eigenvalue weighted by atomic mass is 10.1. The highest BCUT2D eigenvalue weighted by Crippen LogP contribution is 2.26. The second kappa shape index (κ2) is 20.3. The Bertz CT molecular complexity index is 3080. The van der Waals surface area contributed by atoms with E-state index in [0.717, 1.165) is 34.4 Å². The molecule has 6 aromatic carbocycles. The summed E-state index contributed by atoms with van der Waals surface area (Å²) < 4.78 is 44.2. The third-order valence-electron chi connectivity index (χ3n) is 9.99. The number of nitrogens with one attached hydrogen (secondary N) is 4. The molecular weight excluding hydrogens is 866 g/mol. The molecule has 67 heavy (non-hydrogen) atoms. The summed E-state index contributed by atoms with van der Waals surface area (Å²) in [7, 11) is 0. The van der Waals surface area contributed by atoms with Crippen molar-refractivity contribution in [3.05, 3.63) is 196 Å². The fraction of sp³-hybridized carbons (Fsp3) is 0.102. The Morgan fingerprint density at radius 3 is 1.09 bits per heavy atom. The number of nitrogens with zero attached hydrogens (tertiary/aromatic N) is 6. The molecule has 0 aliphatic heterocycles. The minimum absolute atomic E-state index is 0.0483. The number of carbonyl (C=O) groups is 4. The second-order valence-electron chi connectivity index (χ2n) is 14.8. The highest BCUT2D eigenvalue weighted by Gasteiger charge is 2.31. The number of ether oxygens (including phenoxy) is 1. The van der Waals surface area contributed by atoms with Crippen molar-refractivity contribution >= 4 is 47.4 Å². The van der Waals surface area contributed by atoms with Gasteiger partial charge in [-0.15, -0.1) is 23.4 Å². The van der Waals surface area contributed by atoms with Crippen molar-refractivity contribution in [3.63, 3.8) is 0 Å². The zero-order chi connectivity index (χ0) is 47.7. The SMILES string of the molecule is Cc1ccccc1C(=O)Nc1nc(NC(=O)c2ccccc2C)n(-c2ccc(OC(F)(F)F)cc2)n1.Cc1ccccc1C(=O)Nc1nc(NC(=O)c2ccccc2C)n(-c2ccccc2)n1. The van der Waals surface area contributed by atoms with E-state index in [0.29, 0.717) is 27.9 Å². The molecule has 0 aliphatic carbocycles. The molecule has 0 bridgehead atoms. The van der Waals surface area contributed by atoms with Crippen molar-refractivity contribution in [1.29, 1.82) is 0 Å². The van der Waals surface area contributed by atoms with E-state index in [1.165, 1.54) is 21.5 Å². The second-order valence-corrected chi connectivity index (χ2v) is 14.8. The van der Waals surface area contributed by atoms with Crippen molar-refractivity contribution in [2.45, 2.75) is 34.1 Å². The third-order valence-corrected chi connectivity index (χ3v) is 9.99. The van der Waals surface area contributed by atoms with Gasteiger partial charge in [-0.25, -0.2) is 0 Å². The molecule has 15 nitrogen and oxygen atoms in total. The summed E-state index contributed by atoms with van der Waals surface area (Å²) in [6, 6.07) is 42.5. The van der Waals surface area contributed by atoms with Gasteiger partial charge in [0.1, 0.15) is 5.75 Å². The molecule has 338 valence electrons. The summed E-state index contributed by atoms with van der Waals surface area (Å²) >= 11 is 0. The monoisotopic (exact) mass is 906 g/mol. The Hall–Kier alpha value is -8.93. The predicted molar refractivity (Wildman–Crippen MR) is 246 cm³/mol. The highest BCUT2D eigenvalue weighted by atomic mass is 19.4. The number of hydrogen-bond donors (Lipinski definition) is 4. The molecule has 0 saturated heterocycles. The van der Waals surface area contributed by atoms with Crippen LogP contribution in [0.5, 0.6) is 5.75 Å². The van der Waals surface area contributed by atoms with Crippen LogP contribution in [0.1, 0.15) is 63.7 Å². The quantitative estimate of drug-likeness (QED) is 0.0980. The highest BCUT2D eigenvalue weighted by molar-refractivity contribution is 6.07. The van der Waals surface area contributed by atoms with Crippen molar-refractivity contribution in [2.75, 3.05) is 21.3 Å². The molecule has 2 aromatic heterocycles. The van der Waals surface area contributed by atoms with Crippen LogP contribution in [0.2, 0.25) is 0 Å². The van der Waals surface area contributed by atoms with Gasteiger partial charge in [0, 0.05) is 22.3 Å². The topological polar surface area (TPSA) is 187 Å². The van der Waals surface area contributed by atoms with Gasteiger partial charge in [0.15, 0.2) is 0 Å². The first kappa shape index (κ1) is 46.1. The number of hydrogen-bond acceptors (Lipinski definition) is 9. The maximum absolute atomic E-state index is 12.9. The molecule has 0 spiro atoms. The number of halogens is 3. The van der Waals surface area contributed by atoms with Crippen LogP contribution in [0.4, 0.5) is 37.0 Å². The van der Waals surface area contributed by atoms with E-state index >= 15 is 0 Å². The fourth-order valence-electron chi connectivity index (χ4n) is 6.60. The predicted octanol–water partition coefficient (Wildman–Crippen LogP) is 9.68. The minimum atomic E-state index is -4.84. The molecule has 4 amide bonds. The smallest absolute Gasteiger partial charge is 0.406 e. The van der Waals surface area contributed by atoms with Gasteiger partial charge in [0.25, 0.3) is 35.5 Å². The zero-order valence-corrected chi connectivity index (χ0v) is 36.3. The number of carbonyl (C=O) groups excluding carboxylic acids is 4. The number of anilines is 4. The molecule has 0 aliphatic rings. The first-order valence-electron chi connectivity index (χ1n) is 20.5. The number of alkyl halides is 3. The first-order valence-corrected chi connectivity index (χ1v) is 20.5. The molecule has 8 aromatic rings. The average Bonchev–Trinajstić information content (AvgIpc) is 3.89. The van der Waals surface area contributed by atoms with Crippen LogP contribution in [0.15, 0.2) is 152 Å². The van der Waals surface area contributed by atoms with Gasteiger partial charge in [0.2, 0.25) is 11.9 Å². The molecule has 0 radical (unpaired) electrons. The first-order chi connectivity index (χ1) is 32.1. The largest absolute Gasteiger partial charge is 0.573 e. The number of benzene rings is 6. The van der Waals surface area contributed by atoms with Crippen molar-refractivity contribution in [2.24, 2.45) is 0 Å². The molecule has 0 fully saturated rings. The van der Waals surface area contributed by atoms with Gasteiger partial charge in [-0.05, 0) is 111 Å². The minimum Gasteiger partial charge on any atom is -0.406 e. The van der Waals surface area contributed by atoms with Gasteiger partial charge in [-0.1, -0.05) is 91.0 Å². The summed E-state index contributed by atoms with van der Waals surface area (Å²) in [5, 5.41) is 19.4. The molecule has 0 unspecified atom stereocenters. The molecular formula is C49H41F3N10O5. The van der Waals surface area contributed by atoms with Crippen molar-refractivity contribution in [1.82, 2.24) is 29.5 Å². The maximum atomic E-state index is 12.9. The van der Waals surface area contributed by atoms with Gasteiger partial charge in [-0.3, -0.25) is 40.4 Å². The lowest BCUT2D eigenvalue weighted by molar-refractivity contribution is -0.274. The average molecular weight is 907 g/mol. The Balaban J connectivity index is 0.000000201. The summed E-state index contributed by atoms with van der Waals surface area (Å²) in [6.45, 7) is 7.27. The molecule has 0 saturated carbocycles. The number of aryl methyl sites for hydroxylation is 4. The van der Waals surface area contributed by atoms with Crippen LogP contribution in [-0.2, 0) is 0 Å². The van der Waals surface area contributed by atoms with Gasteiger partial charge in [-0.2, -0.15) is 19.3 Å². The van der Waals surface area contributed by atoms with Gasteiger partial charge >= 0.3 is 6.36 Å². The Morgan fingerprint density at radius 1 is 0.433 bits per heavy atom. The lowest BCUT2D eigenvalue weighted by Crippen LogP contribution is -2.17. The summed E-state index contributed by atoms with van der Waals surface area (Å²) in [6.07, 6.45) is -4.84. The normalized spacial score (nSPS) is 10.9. The Morgan fingerprint density at radius 2 is 0.746 bits per heavy atom. The summed E-state index contributed by atoms with van der Waals surface area (Å²) in [5.41, 5.74) is 6.00. The number of amides is 4. The van der Waals surface area contributed by atoms with E-state index in [9.17, 15) is 32.3 Å². The van der Waals surface area contributed by atoms with Crippen LogP contribution in [0.25, 0.3) is 11.4 Å². The summed E-state index contributed by atoms with van der Waals surface area (Å²) in [4.78, 5) is 59.8. The third kappa shape index (κ3) is 11.6. The van der Waals surface area contributed by atoms with Gasteiger partial charge < -0.3 is 4.74 Å². The van der Waals surface area contributed by atoms with Crippen LogP contribution in [0.3, 0.4) is 0 Å².